The lowest BCUT2D eigenvalue weighted by atomic mass is 10.00. The minimum absolute atomic E-state index is 0.00160. The van der Waals surface area contributed by atoms with E-state index in [1.54, 1.807) is 0 Å². The number of hydrogen-bond donors (Lipinski definition) is 7. The molecule has 2 heterocycles. The molecule has 11 nitrogen and oxygen atoms in total. The number of phenolic OH excluding ortho intramolecular Hbond substituents is 4. The van der Waals surface area contributed by atoms with Crippen LogP contribution in [0, 0.1) is 0 Å². The Labute approximate surface area is 181 Å². The molecule has 2 aromatic rings. The Morgan fingerprint density at radius 3 is 2.41 bits per heavy atom. The van der Waals surface area contributed by atoms with Crippen LogP contribution in [-0.4, -0.2) is 74.1 Å². The summed E-state index contributed by atoms with van der Waals surface area (Å²) in [6.45, 7) is -0.300. The summed E-state index contributed by atoms with van der Waals surface area (Å²) in [7, 11) is 1.29. The molecule has 0 saturated carbocycles. The second-order valence-electron chi connectivity index (χ2n) is 7.38. The maximum Gasteiger partial charge on any atom is 0.228 e. The van der Waals surface area contributed by atoms with Crippen LogP contribution in [0.25, 0.3) is 6.08 Å². The molecule has 7 N–H and O–H groups in total. The average molecular weight is 450 g/mol. The molecule has 0 radical (unpaired) electrons. The van der Waals surface area contributed by atoms with Gasteiger partial charge < -0.3 is 54.7 Å². The van der Waals surface area contributed by atoms with E-state index in [1.807, 2.05) is 0 Å². The summed E-state index contributed by atoms with van der Waals surface area (Å²) in [5.74, 6) is -1.53. The van der Waals surface area contributed by atoms with Crippen LogP contribution < -0.4 is 9.47 Å². The molecular formula is C21H22O11. The number of aromatic hydroxyl groups is 4. The van der Waals surface area contributed by atoms with E-state index in [1.165, 1.54) is 31.4 Å². The van der Waals surface area contributed by atoms with Gasteiger partial charge in [-0.05, 0) is 18.2 Å². The second-order valence-corrected chi connectivity index (χ2v) is 7.38. The van der Waals surface area contributed by atoms with E-state index in [0.29, 0.717) is 0 Å². The fourth-order valence-electron chi connectivity index (χ4n) is 3.51. The molecule has 2 aliphatic rings. The lowest BCUT2D eigenvalue weighted by molar-refractivity contribution is -0.261. The van der Waals surface area contributed by atoms with E-state index in [4.69, 9.17) is 18.9 Å². The monoisotopic (exact) mass is 450 g/mol. The molecule has 4 rings (SSSR count). The molecule has 32 heavy (non-hydrogen) atoms. The van der Waals surface area contributed by atoms with E-state index in [-0.39, 0.29) is 46.5 Å². The summed E-state index contributed by atoms with van der Waals surface area (Å²) in [5.41, 5.74) is 0.415. The van der Waals surface area contributed by atoms with Gasteiger partial charge >= 0.3 is 0 Å². The van der Waals surface area contributed by atoms with Gasteiger partial charge in [0.15, 0.2) is 17.6 Å². The van der Waals surface area contributed by atoms with Gasteiger partial charge in [0.2, 0.25) is 12.0 Å². The number of rotatable bonds is 4. The Morgan fingerprint density at radius 2 is 1.69 bits per heavy atom. The molecule has 2 aliphatic heterocycles. The molecule has 5 atom stereocenters. The SMILES string of the molecule is COc1cc(C2Oc3cc(O)cc(O)c3C=C2O[C@H]2OC[C@H](O)[C@H](O)[C@H]2O)cc(O)c1O. The molecule has 0 aromatic heterocycles. The normalized spacial score (nSPS) is 27.1. The quantitative estimate of drug-likeness (QED) is 0.322. The highest BCUT2D eigenvalue weighted by molar-refractivity contribution is 5.70. The number of aliphatic hydroxyl groups is 3. The van der Waals surface area contributed by atoms with E-state index in [0.717, 1.165) is 6.07 Å². The summed E-state index contributed by atoms with van der Waals surface area (Å²) in [5, 5.41) is 69.9. The first-order valence-electron chi connectivity index (χ1n) is 9.56. The lowest BCUT2D eigenvalue weighted by Crippen LogP contribution is -2.53. The van der Waals surface area contributed by atoms with Crippen molar-refractivity contribution >= 4 is 6.08 Å². The Bertz CT molecular complexity index is 1050. The first-order valence-corrected chi connectivity index (χ1v) is 9.56. The maximum absolute atomic E-state index is 10.2. The number of hydrogen-bond acceptors (Lipinski definition) is 11. The van der Waals surface area contributed by atoms with Gasteiger partial charge in [-0.3, -0.25) is 0 Å². The van der Waals surface area contributed by atoms with Gasteiger partial charge in [-0.1, -0.05) is 0 Å². The number of fused-ring (bicyclic) bond motifs is 1. The molecule has 0 amide bonds. The van der Waals surface area contributed by atoms with Gasteiger partial charge in [0, 0.05) is 17.7 Å². The van der Waals surface area contributed by atoms with Crippen molar-refractivity contribution in [2.75, 3.05) is 13.7 Å². The second kappa shape index (κ2) is 8.28. The highest BCUT2D eigenvalue weighted by atomic mass is 16.7. The van der Waals surface area contributed by atoms with E-state index in [9.17, 15) is 35.7 Å². The minimum atomic E-state index is -1.60. The van der Waals surface area contributed by atoms with Crippen LogP contribution in [0.1, 0.15) is 17.2 Å². The van der Waals surface area contributed by atoms with Crippen LogP contribution in [0.15, 0.2) is 30.0 Å². The Balaban J connectivity index is 1.77. The van der Waals surface area contributed by atoms with E-state index < -0.39 is 42.2 Å². The first-order chi connectivity index (χ1) is 15.2. The molecule has 1 saturated heterocycles. The van der Waals surface area contributed by atoms with Gasteiger partial charge in [0.05, 0.1) is 19.3 Å². The van der Waals surface area contributed by atoms with Gasteiger partial charge in [0.1, 0.15) is 41.3 Å². The van der Waals surface area contributed by atoms with E-state index in [2.05, 4.69) is 0 Å². The summed E-state index contributed by atoms with van der Waals surface area (Å²) < 4.78 is 22.0. The third-order valence-corrected chi connectivity index (χ3v) is 5.20. The average Bonchev–Trinajstić information content (AvgIpc) is 2.75. The number of phenols is 4. The predicted molar refractivity (Wildman–Crippen MR) is 106 cm³/mol. The van der Waals surface area contributed by atoms with Crippen LogP contribution in [0.2, 0.25) is 0 Å². The Morgan fingerprint density at radius 1 is 0.938 bits per heavy atom. The van der Waals surface area contributed by atoms with Gasteiger partial charge in [-0.15, -0.1) is 0 Å². The Hall–Kier alpha value is -3.38. The van der Waals surface area contributed by atoms with Crippen LogP contribution in [0.5, 0.6) is 34.5 Å². The lowest BCUT2D eigenvalue weighted by Gasteiger charge is -2.37. The van der Waals surface area contributed by atoms with Crippen LogP contribution in [0.4, 0.5) is 0 Å². The third-order valence-electron chi connectivity index (χ3n) is 5.20. The van der Waals surface area contributed by atoms with Crippen molar-refractivity contribution in [2.45, 2.75) is 30.7 Å². The molecule has 11 heteroatoms. The summed E-state index contributed by atoms with van der Waals surface area (Å²) in [6.07, 6.45) is -5.54. The summed E-state index contributed by atoms with van der Waals surface area (Å²) >= 11 is 0. The van der Waals surface area contributed by atoms with Gasteiger partial charge in [0.25, 0.3) is 0 Å². The number of methoxy groups -OCH3 is 1. The molecule has 0 spiro atoms. The fraction of sp³-hybridized carbons (Fsp3) is 0.333. The third kappa shape index (κ3) is 3.82. The van der Waals surface area contributed by atoms with Gasteiger partial charge in [-0.25, -0.2) is 0 Å². The Kier molecular flexibility index (Phi) is 5.65. The summed E-state index contributed by atoms with van der Waals surface area (Å²) in [4.78, 5) is 0. The molecule has 2 aromatic carbocycles. The van der Waals surface area contributed by atoms with Gasteiger partial charge in [-0.2, -0.15) is 0 Å². The minimum Gasteiger partial charge on any atom is -0.508 e. The highest BCUT2D eigenvalue weighted by Crippen LogP contribution is 2.46. The topological polar surface area (TPSA) is 179 Å². The number of benzene rings is 2. The predicted octanol–water partition coefficient (Wildman–Crippen LogP) is 0.448. The molecule has 1 unspecified atom stereocenters. The molecular weight excluding hydrogens is 428 g/mol. The first kappa shape index (κ1) is 21.8. The van der Waals surface area contributed by atoms with E-state index >= 15 is 0 Å². The zero-order chi connectivity index (χ0) is 23.2. The largest absolute Gasteiger partial charge is 0.508 e. The zero-order valence-electron chi connectivity index (χ0n) is 16.7. The van der Waals surface area contributed by atoms with Crippen LogP contribution in [0.3, 0.4) is 0 Å². The van der Waals surface area contributed by atoms with Crippen molar-refractivity contribution in [3.63, 3.8) is 0 Å². The van der Waals surface area contributed by atoms with Crippen molar-refractivity contribution in [2.24, 2.45) is 0 Å². The van der Waals surface area contributed by atoms with Crippen molar-refractivity contribution < 1.29 is 54.7 Å². The zero-order valence-corrected chi connectivity index (χ0v) is 16.7. The molecule has 172 valence electrons. The van der Waals surface area contributed by atoms with Crippen molar-refractivity contribution in [1.82, 2.24) is 0 Å². The fourth-order valence-corrected chi connectivity index (χ4v) is 3.51. The summed E-state index contributed by atoms with van der Waals surface area (Å²) in [6, 6.07) is 4.93. The number of aliphatic hydroxyl groups excluding tert-OH is 3. The van der Waals surface area contributed by atoms with Crippen LogP contribution in [-0.2, 0) is 9.47 Å². The number of ether oxygens (including phenoxy) is 4. The highest BCUT2D eigenvalue weighted by Gasteiger charge is 2.41. The van der Waals surface area contributed by atoms with Crippen LogP contribution >= 0.6 is 0 Å². The molecule has 0 aliphatic carbocycles. The van der Waals surface area contributed by atoms with Crippen molar-refractivity contribution in [1.29, 1.82) is 0 Å². The molecule has 1 fully saturated rings. The van der Waals surface area contributed by atoms with Crippen molar-refractivity contribution in [3.05, 3.63) is 41.2 Å². The smallest absolute Gasteiger partial charge is 0.228 e. The standard InChI is InChI=1S/C21H22O11/c1-29-15-3-8(2-12(24)17(15)26)20-16(32-21-19(28)18(27)13(25)7-30-21)6-10-11(23)4-9(22)5-14(10)31-20/h2-6,13,18-28H,7H2,1H3/t13-,18-,19+,20?,21+/m0/s1. The molecule has 0 bridgehead atoms. The van der Waals surface area contributed by atoms with Crippen molar-refractivity contribution in [3.8, 4) is 34.5 Å². The maximum atomic E-state index is 10.2.